The number of halogens is 3. The van der Waals surface area contributed by atoms with Crippen LogP contribution in [0.4, 0.5) is 24.5 Å². The monoisotopic (exact) mass is 419 g/mol. The first kappa shape index (κ1) is 21.2. The molecule has 3 rings (SSSR count). The predicted molar refractivity (Wildman–Crippen MR) is 99.5 cm³/mol. The van der Waals surface area contributed by atoms with Gasteiger partial charge < -0.3 is 5.32 Å². The highest BCUT2D eigenvalue weighted by Gasteiger charge is 2.52. The van der Waals surface area contributed by atoms with Crippen molar-refractivity contribution in [1.29, 1.82) is 5.26 Å². The van der Waals surface area contributed by atoms with E-state index >= 15 is 0 Å². The normalized spacial score (nSPS) is 21.1. The Morgan fingerprint density at radius 1 is 1.37 bits per heavy atom. The van der Waals surface area contributed by atoms with E-state index in [-0.39, 0.29) is 34.6 Å². The Hall–Kier alpha value is -3.52. The number of nitrogens with zero attached hydrogens (tertiary/aromatic N) is 3. The second-order valence-electron chi connectivity index (χ2n) is 6.92. The highest BCUT2D eigenvalue weighted by atomic mass is 19.4. The summed E-state index contributed by atoms with van der Waals surface area (Å²) in [6.45, 7) is 1.45. The van der Waals surface area contributed by atoms with Crippen LogP contribution in [0.1, 0.15) is 29.2 Å². The minimum atomic E-state index is -4.62. The quantitative estimate of drug-likeness (QED) is 0.580. The molecular formula is C19H16F3N5O3. The molecule has 1 saturated heterocycles. The van der Waals surface area contributed by atoms with E-state index in [0.717, 1.165) is 0 Å². The predicted octanol–water partition coefficient (Wildman–Crippen LogP) is 3.19. The Kier molecular flexibility index (Phi) is 5.71. The molecule has 0 radical (unpaired) electrons. The third kappa shape index (κ3) is 4.38. The Morgan fingerprint density at radius 3 is 2.63 bits per heavy atom. The number of anilines is 1. The van der Waals surface area contributed by atoms with Crippen LogP contribution in [-0.2, 0) is 4.79 Å². The van der Waals surface area contributed by atoms with Crippen LogP contribution in [0.15, 0.2) is 36.5 Å². The molecule has 11 heteroatoms. The first-order valence-electron chi connectivity index (χ1n) is 8.85. The van der Waals surface area contributed by atoms with Crippen molar-refractivity contribution in [2.75, 3.05) is 5.32 Å². The number of aryl methyl sites for hydroxylation is 1. The van der Waals surface area contributed by atoms with Crippen LogP contribution in [-0.4, -0.2) is 34.1 Å². The van der Waals surface area contributed by atoms with Crippen molar-refractivity contribution in [3.63, 3.8) is 0 Å². The van der Waals surface area contributed by atoms with Crippen LogP contribution in [0.3, 0.4) is 0 Å². The summed E-state index contributed by atoms with van der Waals surface area (Å²) in [5, 5.41) is 24.5. The van der Waals surface area contributed by atoms with Crippen LogP contribution in [0.2, 0.25) is 0 Å². The molecule has 0 bridgehead atoms. The van der Waals surface area contributed by atoms with Crippen molar-refractivity contribution in [2.45, 2.75) is 37.5 Å². The lowest BCUT2D eigenvalue weighted by Gasteiger charge is -2.22. The van der Waals surface area contributed by atoms with E-state index in [9.17, 15) is 28.1 Å². The zero-order chi connectivity index (χ0) is 22.1. The molecule has 2 N–H and O–H groups in total. The Balaban J connectivity index is 1.82. The Bertz CT molecular complexity index is 1020. The SMILES string of the molecule is Cc1cc(C2C[C@@H](C(=O)Nc3ccc(C#N)nc3)N[C@H]2C(F)(F)F)ccc1[N+](=O)[O-]. The topological polar surface area (TPSA) is 121 Å². The number of hydrogen-bond donors (Lipinski definition) is 2. The number of pyridine rings is 1. The number of benzene rings is 1. The number of nitrogens with one attached hydrogen (secondary N) is 2. The summed E-state index contributed by atoms with van der Waals surface area (Å²) < 4.78 is 40.8. The summed E-state index contributed by atoms with van der Waals surface area (Å²) in [6, 6.07) is 5.33. The van der Waals surface area contributed by atoms with Gasteiger partial charge in [0, 0.05) is 17.5 Å². The van der Waals surface area contributed by atoms with Gasteiger partial charge in [-0.05, 0) is 37.1 Å². The summed E-state index contributed by atoms with van der Waals surface area (Å²) in [7, 11) is 0. The lowest BCUT2D eigenvalue weighted by Crippen LogP contribution is -2.46. The molecule has 1 amide bonds. The van der Waals surface area contributed by atoms with Crippen LogP contribution < -0.4 is 10.6 Å². The average molecular weight is 419 g/mol. The molecule has 0 spiro atoms. The van der Waals surface area contributed by atoms with Gasteiger partial charge in [0.25, 0.3) is 5.69 Å². The molecule has 1 aliphatic rings. The third-order valence-electron chi connectivity index (χ3n) is 4.93. The molecular weight excluding hydrogens is 403 g/mol. The maximum absolute atomic E-state index is 13.6. The average Bonchev–Trinajstić information content (AvgIpc) is 3.14. The highest BCUT2D eigenvalue weighted by Crippen LogP contribution is 2.40. The van der Waals surface area contributed by atoms with Gasteiger partial charge in [-0.3, -0.25) is 20.2 Å². The van der Waals surface area contributed by atoms with Crippen molar-refractivity contribution in [3.05, 3.63) is 63.5 Å². The van der Waals surface area contributed by atoms with E-state index in [1.54, 1.807) is 0 Å². The highest BCUT2D eigenvalue weighted by molar-refractivity contribution is 5.95. The lowest BCUT2D eigenvalue weighted by molar-refractivity contribution is -0.385. The second-order valence-corrected chi connectivity index (χ2v) is 6.92. The maximum Gasteiger partial charge on any atom is 0.404 e. The molecule has 3 atom stereocenters. The summed E-state index contributed by atoms with van der Waals surface area (Å²) in [5.41, 5.74) is 0.714. The van der Waals surface area contributed by atoms with Gasteiger partial charge in [0.15, 0.2) is 0 Å². The number of carbonyl (C=O) groups excluding carboxylic acids is 1. The summed E-state index contributed by atoms with van der Waals surface area (Å²) in [6.07, 6.45) is -3.52. The van der Waals surface area contributed by atoms with Gasteiger partial charge in [-0.2, -0.15) is 18.4 Å². The van der Waals surface area contributed by atoms with E-state index in [2.05, 4.69) is 15.6 Å². The number of hydrogen-bond acceptors (Lipinski definition) is 6. The fourth-order valence-corrected chi connectivity index (χ4v) is 3.50. The molecule has 156 valence electrons. The minimum Gasteiger partial charge on any atom is -0.323 e. The number of carbonyl (C=O) groups is 1. The van der Waals surface area contributed by atoms with E-state index in [4.69, 9.17) is 5.26 Å². The van der Waals surface area contributed by atoms with Crippen LogP contribution in [0, 0.1) is 28.4 Å². The number of nitro groups is 1. The van der Waals surface area contributed by atoms with Gasteiger partial charge in [-0.1, -0.05) is 6.07 Å². The van der Waals surface area contributed by atoms with Crippen molar-refractivity contribution in [2.24, 2.45) is 0 Å². The van der Waals surface area contributed by atoms with Gasteiger partial charge >= 0.3 is 6.18 Å². The van der Waals surface area contributed by atoms with Crippen LogP contribution in [0.25, 0.3) is 0 Å². The lowest BCUT2D eigenvalue weighted by atomic mass is 9.89. The summed E-state index contributed by atoms with van der Waals surface area (Å²) >= 11 is 0. The van der Waals surface area contributed by atoms with Crippen molar-refractivity contribution < 1.29 is 22.9 Å². The van der Waals surface area contributed by atoms with Crippen LogP contribution in [0.5, 0.6) is 0 Å². The van der Waals surface area contributed by atoms with Crippen molar-refractivity contribution in [1.82, 2.24) is 10.3 Å². The fraction of sp³-hybridized carbons (Fsp3) is 0.316. The number of amides is 1. The molecule has 8 nitrogen and oxygen atoms in total. The number of rotatable bonds is 4. The molecule has 1 aliphatic heterocycles. The zero-order valence-corrected chi connectivity index (χ0v) is 15.6. The Morgan fingerprint density at radius 2 is 2.10 bits per heavy atom. The molecule has 0 aliphatic carbocycles. The number of aromatic nitrogens is 1. The second kappa shape index (κ2) is 8.08. The van der Waals surface area contributed by atoms with Gasteiger partial charge in [-0.15, -0.1) is 0 Å². The molecule has 30 heavy (non-hydrogen) atoms. The number of nitro benzene ring substituents is 1. The van der Waals surface area contributed by atoms with Gasteiger partial charge in [-0.25, -0.2) is 4.98 Å². The van der Waals surface area contributed by atoms with Crippen LogP contribution >= 0.6 is 0 Å². The van der Waals surface area contributed by atoms with Gasteiger partial charge in [0.2, 0.25) is 5.91 Å². The zero-order valence-electron chi connectivity index (χ0n) is 15.6. The summed E-state index contributed by atoms with van der Waals surface area (Å²) in [5.74, 6) is -1.75. The summed E-state index contributed by atoms with van der Waals surface area (Å²) in [4.78, 5) is 26.7. The molecule has 1 aromatic heterocycles. The standard InChI is InChI=1S/C19H16F3N5O3/c1-10-6-11(2-5-16(10)27(29)30)14-7-15(26-17(14)19(20,21)22)18(28)25-13-4-3-12(8-23)24-9-13/h2-6,9,14-15,17,26H,7H2,1H3,(H,25,28)/t14?,15-,17+/m0/s1. The molecule has 1 aromatic carbocycles. The van der Waals surface area contributed by atoms with E-state index < -0.39 is 35.0 Å². The van der Waals surface area contributed by atoms with E-state index in [0.29, 0.717) is 0 Å². The smallest absolute Gasteiger partial charge is 0.323 e. The van der Waals surface area contributed by atoms with Crippen molar-refractivity contribution >= 4 is 17.3 Å². The first-order valence-corrected chi connectivity index (χ1v) is 8.85. The minimum absolute atomic E-state index is 0.137. The molecule has 2 heterocycles. The Labute approximate surface area is 168 Å². The molecule has 2 aromatic rings. The van der Waals surface area contributed by atoms with Crippen molar-refractivity contribution in [3.8, 4) is 6.07 Å². The molecule has 1 unspecified atom stereocenters. The van der Waals surface area contributed by atoms with Gasteiger partial charge in [0.1, 0.15) is 17.8 Å². The van der Waals surface area contributed by atoms with E-state index in [1.165, 1.54) is 43.5 Å². The maximum atomic E-state index is 13.6. The van der Waals surface area contributed by atoms with E-state index in [1.807, 2.05) is 6.07 Å². The number of alkyl halides is 3. The first-order chi connectivity index (χ1) is 14.1. The fourth-order valence-electron chi connectivity index (χ4n) is 3.50. The van der Waals surface area contributed by atoms with Gasteiger partial charge in [0.05, 0.1) is 22.8 Å². The largest absolute Gasteiger partial charge is 0.404 e. The molecule has 1 fully saturated rings. The number of nitriles is 1. The third-order valence-corrected chi connectivity index (χ3v) is 4.93. The molecule has 0 saturated carbocycles.